The lowest BCUT2D eigenvalue weighted by atomic mass is 9.80. The quantitative estimate of drug-likeness (QED) is 0.0417. The van der Waals surface area contributed by atoms with E-state index in [4.69, 9.17) is 28.4 Å². The van der Waals surface area contributed by atoms with Crippen molar-refractivity contribution in [1.82, 2.24) is 0 Å². The summed E-state index contributed by atoms with van der Waals surface area (Å²) in [7, 11) is 12.7. The highest BCUT2D eigenvalue weighted by Gasteiger charge is 2.28. The molecule has 0 aliphatic heterocycles. The molecular weight excluding hydrogens is 1650 g/mol. The lowest BCUT2D eigenvalue weighted by Gasteiger charge is -2.29. The van der Waals surface area contributed by atoms with Crippen molar-refractivity contribution < 1.29 is 57.2 Å². The zero-order chi connectivity index (χ0) is 91.3. The molecule has 12 aromatic carbocycles. The van der Waals surface area contributed by atoms with Gasteiger partial charge in [0.05, 0.1) is 42.7 Å². The molecule has 0 aliphatic carbocycles. The van der Waals surface area contributed by atoms with Crippen molar-refractivity contribution in [2.24, 2.45) is 0 Å². The smallest absolute Gasteiger partial charge is 0.150 e. The van der Waals surface area contributed by atoms with E-state index in [0.29, 0.717) is 51.5 Å². The summed E-state index contributed by atoms with van der Waals surface area (Å²) in [5.74, 6) is 5.47. The third kappa shape index (κ3) is 29.1. The van der Waals surface area contributed by atoms with Gasteiger partial charge in [0.15, 0.2) is 37.7 Å². The number of aryl methyl sites for hydroxylation is 10. The number of aldehydes is 6. The monoisotopic (exact) mass is 1770 g/mol. The zero-order valence-corrected chi connectivity index (χ0v) is 82.6. The number of methoxy groups -OCH3 is 6. The average molecular weight is 1770 g/mol. The van der Waals surface area contributed by atoms with Crippen LogP contribution in [0.2, 0.25) is 0 Å². The number of benzene rings is 12. The van der Waals surface area contributed by atoms with E-state index in [1.54, 1.807) is 42.7 Å². The largest absolute Gasteiger partial charge is 0.496 e. The van der Waals surface area contributed by atoms with Gasteiger partial charge in [-0.3, -0.25) is 28.8 Å². The predicted molar refractivity (Wildman–Crippen MR) is 538 cm³/mol. The molecule has 0 heterocycles. The van der Waals surface area contributed by atoms with E-state index in [9.17, 15) is 28.8 Å². The Morgan fingerprint density at radius 3 is 0.911 bits per heavy atom. The molecular formula is C106H122O12P6. The maximum Gasteiger partial charge on any atom is 0.150 e. The summed E-state index contributed by atoms with van der Waals surface area (Å²) >= 11 is 0. The molecule has 124 heavy (non-hydrogen) atoms. The molecule has 18 heteroatoms. The fourth-order valence-corrected chi connectivity index (χ4v) is 21.7. The number of carbonyl (C=O) groups is 6. The van der Waals surface area contributed by atoms with E-state index in [-0.39, 0.29) is 16.2 Å². The Morgan fingerprint density at radius 1 is 0.218 bits per heavy atom. The van der Waals surface area contributed by atoms with Crippen LogP contribution in [0, 0.1) is 69.2 Å². The second-order valence-electron chi connectivity index (χ2n) is 33.5. The highest BCUT2D eigenvalue weighted by atomic mass is 31.1. The molecule has 0 N–H and O–H groups in total. The van der Waals surface area contributed by atoms with E-state index >= 15 is 0 Å². The van der Waals surface area contributed by atoms with Crippen molar-refractivity contribution in [2.75, 3.05) is 42.7 Å². The molecule has 0 bridgehead atoms. The topological polar surface area (TPSA) is 158 Å². The Hall–Kier alpha value is -9.96. The number of carbonyl (C=O) groups excluding carboxylic acids is 6. The Kier molecular flexibility index (Phi) is 39.1. The van der Waals surface area contributed by atoms with Crippen LogP contribution >= 0.6 is 51.5 Å². The standard InChI is InChI=1S/C22H29O2P.C20H25O2P.C17H19O2P.2C16H17O2P.C15H15O2P/c1-21(2,3)16-12-17(22(4,5)6)20(24-7)19(13-16)25-18-11-9-8-10-15(18)14-23;1-13-7-8-17(15(9-13)12-21)23-18-11-14(2)10-16(19(18)22-6)20(3,4)5;1-11-5-6-15(14(8-11)10-18)20-16-9-12(2)7-13(3)17(16)19-4;1-11-5-7-15(13(8-11)10-17)19-16-9-12(2)4-6-14(16)18-3;1-11-7-8-14(13(9-11)10-17)19-15-6-4-5-12(2)16(15)18-3;1-11-7-8-14(12(9-11)10-16)18-15-6-4-3-5-13(15)17-2/h8-14,25H,1-7H3;7-12,23H,1-6H3;5-10,20H,1-4H3;2*4-10,19H,1-3H3;3-10,18H,1-2H3. The summed E-state index contributed by atoms with van der Waals surface area (Å²) in [6.07, 6.45) is 5.60. The van der Waals surface area contributed by atoms with Crippen LogP contribution in [0.4, 0.5) is 0 Å². The summed E-state index contributed by atoms with van der Waals surface area (Å²) in [4.78, 5) is 67.4. The van der Waals surface area contributed by atoms with E-state index in [2.05, 4.69) is 151 Å². The number of hydrogen-bond donors (Lipinski definition) is 0. The first-order chi connectivity index (χ1) is 58.9. The third-order valence-electron chi connectivity index (χ3n) is 20.1. The van der Waals surface area contributed by atoms with Gasteiger partial charge in [-0.05, 0) is 212 Å². The SMILES string of the molecule is COc1c(C)cc(C)cc1Pc1ccc(C)cc1C=O.COc1c(C)cccc1Pc1ccc(C)cc1C=O.COc1c(Pc2ccc(C)cc2C=O)cc(C)cc1C(C)(C)C.COc1c(Pc2ccccc2C=O)cc(C(C)(C)C)cc1C(C)(C)C.COc1ccc(C)cc1Pc1ccc(C)cc1C=O.COc1ccccc1Pc1ccc(C)cc1C=O. The normalized spacial score (nSPS) is 11.4. The van der Waals surface area contributed by atoms with Gasteiger partial charge in [-0.1, -0.05) is 293 Å². The third-order valence-corrected chi connectivity index (χ3v) is 28.4. The predicted octanol–water partition coefficient (Wildman–Crippen LogP) is 19.8. The second kappa shape index (κ2) is 47.9. The molecule has 648 valence electrons. The van der Waals surface area contributed by atoms with Gasteiger partial charge in [-0.2, -0.15) is 0 Å². The number of para-hydroxylation sites is 2. The Balaban J connectivity index is 0.000000205. The first-order valence-corrected chi connectivity index (χ1v) is 46.9. The lowest BCUT2D eigenvalue weighted by Crippen LogP contribution is -2.22. The van der Waals surface area contributed by atoms with Gasteiger partial charge in [-0.15, -0.1) is 0 Å². The molecule has 12 aromatic rings. The molecule has 0 saturated carbocycles. The highest BCUT2D eigenvalue weighted by Crippen LogP contribution is 2.39. The minimum Gasteiger partial charge on any atom is -0.496 e. The van der Waals surface area contributed by atoms with Crippen LogP contribution in [0.1, 0.15) is 197 Å². The zero-order valence-electron chi connectivity index (χ0n) is 76.6. The highest BCUT2D eigenvalue weighted by molar-refractivity contribution is 7.57. The van der Waals surface area contributed by atoms with Crippen molar-refractivity contribution in [3.63, 3.8) is 0 Å². The van der Waals surface area contributed by atoms with Crippen LogP contribution in [0.3, 0.4) is 0 Å². The fraction of sp³-hybridized carbons (Fsp3) is 0.264. The maximum atomic E-state index is 11.4. The van der Waals surface area contributed by atoms with Gasteiger partial charge in [-0.25, -0.2) is 0 Å². The van der Waals surface area contributed by atoms with Gasteiger partial charge >= 0.3 is 0 Å². The van der Waals surface area contributed by atoms with Crippen molar-refractivity contribution in [2.45, 2.75) is 148 Å². The van der Waals surface area contributed by atoms with Gasteiger partial charge in [0.25, 0.3) is 0 Å². The first-order valence-electron chi connectivity index (χ1n) is 40.9. The fourth-order valence-electron chi connectivity index (χ4n) is 13.6. The van der Waals surface area contributed by atoms with Crippen LogP contribution < -0.4 is 92.1 Å². The summed E-state index contributed by atoms with van der Waals surface area (Å²) in [6, 6.07) is 71.1. The van der Waals surface area contributed by atoms with E-state index in [1.165, 1.54) is 33.4 Å². The Bertz CT molecular complexity index is 5650. The molecule has 0 aliphatic rings. The van der Waals surface area contributed by atoms with Crippen LogP contribution in [0.5, 0.6) is 34.5 Å². The number of rotatable bonds is 24. The minimum absolute atomic E-state index is 0.0113. The molecule has 12 nitrogen and oxygen atoms in total. The van der Waals surface area contributed by atoms with Crippen molar-refractivity contribution >= 4 is 153 Å². The van der Waals surface area contributed by atoms with Crippen LogP contribution in [-0.4, -0.2) is 80.4 Å². The Labute approximate surface area is 748 Å². The van der Waals surface area contributed by atoms with Crippen molar-refractivity contribution in [3.05, 3.63) is 318 Å². The molecule has 0 radical (unpaired) electrons. The van der Waals surface area contributed by atoms with E-state index in [1.807, 2.05) is 193 Å². The van der Waals surface area contributed by atoms with Crippen LogP contribution in [-0.2, 0) is 16.2 Å². The van der Waals surface area contributed by atoms with Gasteiger partial charge in [0.2, 0.25) is 0 Å². The van der Waals surface area contributed by atoms with Crippen LogP contribution in [0.15, 0.2) is 212 Å². The molecule has 0 saturated heterocycles. The molecule has 12 rings (SSSR count). The first kappa shape index (κ1) is 101. The molecule has 0 aromatic heterocycles. The molecule has 6 unspecified atom stereocenters. The Morgan fingerprint density at radius 2 is 0.516 bits per heavy atom. The maximum absolute atomic E-state index is 11.4. The average Bonchev–Trinajstić information content (AvgIpc) is 0.780. The number of hydrogen-bond acceptors (Lipinski definition) is 12. The van der Waals surface area contributed by atoms with E-state index < -0.39 is 0 Å². The molecule has 0 spiro atoms. The summed E-state index contributed by atoms with van der Waals surface area (Å²) in [6.45, 7) is 40.2. The molecule has 6 atom stereocenters. The molecule has 0 fully saturated rings. The van der Waals surface area contributed by atoms with Gasteiger partial charge < -0.3 is 28.4 Å². The van der Waals surface area contributed by atoms with Crippen molar-refractivity contribution in [3.8, 4) is 34.5 Å². The summed E-state index contributed by atoms with van der Waals surface area (Å²) in [5.41, 5.74) is 19.7. The molecule has 0 amide bonds. The van der Waals surface area contributed by atoms with Gasteiger partial charge in [0, 0.05) is 76.3 Å². The van der Waals surface area contributed by atoms with Gasteiger partial charge in [0.1, 0.15) is 34.5 Å². The van der Waals surface area contributed by atoms with Crippen LogP contribution in [0.25, 0.3) is 0 Å². The van der Waals surface area contributed by atoms with Crippen molar-refractivity contribution in [1.29, 1.82) is 0 Å². The van der Waals surface area contributed by atoms with E-state index in [0.717, 1.165) is 208 Å². The number of ether oxygens (including phenoxy) is 6. The second-order valence-corrected chi connectivity index (χ2v) is 41.4. The summed E-state index contributed by atoms with van der Waals surface area (Å²) < 4.78 is 33.3. The minimum atomic E-state index is -0.0178. The lowest BCUT2D eigenvalue weighted by molar-refractivity contribution is 0.111. The summed E-state index contributed by atoms with van der Waals surface area (Å²) in [5, 5.41) is 13.2.